The van der Waals surface area contributed by atoms with Crippen LogP contribution in [0.5, 0.6) is 0 Å². The van der Waals surface area contributed by atoms with E-state index in [0.717, 1.165) is 10.0 Å². The van der Waals surface area contributed by atoms with Gasteiger partial charge in [0.1, 0.15) is 0 Å². The molecule has 1 aromatic carbocycles. The second-order valence-corrected chi connectivity index (χ2v) is 6.11. The van der Waals surface area contributed by atoms with E-state index >= 15 is 0 Å². The largest absolute Gasteiger partial charge is 0.326 e. The topological polar surface area (TPSA) is 82.8 Å². The van der Waals surface area contributed by atoms with Crippen molar-refractivity contribution in [2.75, 3.05) is 0 Å². The summed E-state index contributed by atoms with van der Waals surface area (Å²) in [5.41, 5.74) is 0.466. The first-order valence-corrected chi connectivity index (χ1v) is 7.27. The SMILES string of the molecule is Cc1cc(Br)cc(C(=O)c2[nH]c(=O)[nH]c(=O)c2C(C)C)c1. The highest BCUT2D eigenvalue weighted by Crippen LogP contribution is 2.20. The Morgan fingerprint density at radius 2 is 1.81 bits per heavy atom. The van der Waals surface area contributed by atoms with Gasteiger partial charge in [0.25, 0.3) is 5.56 Å². The third-order valence-corrected chi connectivity index (χ3v) is 3.55. The number of hydrogen-bond donors (Lipinski definition) is 2. The number of aryl methyl sites for hydroxylation is 1. The second kappa shape index (κ2) is 5.81. The first kappa shape index (κ1) is 15.4. The van der Waals surface area contributed by atoms with Crippen molar-refractivity contribution >= 4 is 21.7 Å². The summed E-state index contributed by atoms with van der Waals surface area (Å²) in [6.45, 7) is 5.46. The Morgan fingerprint density at radius 1 is 1.14 bits per heavy atom. The van der Waals surface area contributed by atoms with E-state index in [1.165, 1.54) is 0 Å². The summed E-state index contributed by atoms with van der Waals surface area (Å²) in [4.78, 5) is 40.7. The number of aromatic nitrogens is 2. The zero-order valence-corrected chi connectivity index (χ0v) is 13.5. The van der Waals surface area contributed by atoms with Crippen LogP contribution in [-0.4, -0.2) is 15.8 Å². The lowest BCUT2D eigenvalue weighted by Crippen LogP contribution is -2.30. The number of ketones is 1. The summed E-state index contributed by atoms with van der Waals surface area (Å²) >= 11 is 3.34. The standard InChI is InChI=1S/C15H15BrN2O3/c1-7(2)11-12(17-15(21)18-14(11)20)13(19)9-4-8(3)5-10(16)6-9/h4-7H,1-3H3,(H2,17,18,20,21). The molecule has 0 atom stereocenters. The van der Waals surface area contributed by atoms with Crippen LogP contribution in [0.25, 0.3) is 0 Å². The number of carbonyl (C=O) groups excluding carboxylic acids is 1. The fraction of sp³-hybridized carbons (Fsp3) is 0.267. The van der Waals surface area contributed by atoms with E-state index in [0.29, 0.717) is 5.56 Å². The lowest BCUT2D eigenvalue weighted by atomic mass is 9.97. The predicted molar refractivity (Wildman–Crippen MR) is 84.1 cm³/mol. The van der Waals surface area contributed by atoms with Crippen LogP contribution < -0.4 is 11.2 Å². The van der Waals surface area contributed by atoms with Crippen molar-refractivity contribution in [3.05, 3.63) is 65.9 Å². The van der Waals surface area contributed by atoms with Gasteiger partial charge in [-0.15, -0.1) is 0 Å². The average Bonchev–Trinajstić information content (AvgIpc) is 2.35. The molecular formula is C15H15BrN2O3. The van der Waals surface area contributed by atoms with Gasteiger partial charge in [-0.3, -0.25) is 14.6 Å². The Kier molecular flexibility index (Phi) is 4.27. The van der Waals surface area contributed by atoms with E-state index in [9.17, 15) is 14.4 Å². The Labute approximate surface area is 129 Å². The molecule has 0 saturated carbocycles. The van der Waals surface area contributed by atoms with Crippen LogP contribution in [0, 0.1) is 6.92 Å². The van der Waals surface area contributed by atoms with Gasteiger partial charge in [-0.05, 0) is 36.6 Å². The summed E-state index contributed by atoms with van der Waals surface area (Å²) in [5, 5.41) is 0. The van der Waals surface area contributed by atoms with Crippen molar-refractivity contribution in [3.8, 4) is 0 Å². The minimum Gasteiger partial charge on any atom is -0.304 e. The number of nitrogens with one attached hydrogen (secondary N) is 2. The first-order valence-electron chi connectivity index (χ1n) is 6.48. The van der Waals surface area contributed by atoms with Crippen LogP contribution in [-0.2, 0) is 0 Å². The molecule has 0 aliphatic carbocycles. The van der Waals surface area contributed by atoms with Gasteiger partial charge in [0.2, 0.25) is 5.78 Å². The van der Waals surface area contributed by atoms with Gasteiger partial charge >= 0.3 is 5.69 Å². The molecule has 6 heteroatoms. The van der Waals surface area contributed by atoms with Gasteiger partial charge < -0.3 is 4.98 Å². The molecular weight excluding hydrogens is 336 g/mol. The van der Waals surface area contributed by atoms with Crippen molar-refractivity contribution in [2.45, 2.75) is 26.7 Å². The van der Waals surface area contributed by atoms with Crippen LogP contribution in [0.15, 0.2) is 32.3 Å². The summed E-state index contributed by atoms with van der Waals surface area (Å²) in [6.07, 6.45) is 0. The van der Waals surface area contributed by atoms with E-state index in [1.807, 2.05) is 13.0 Å². The van der Waals surface area contributed by atoms with Gasteiger partial charge in [0.05, 0.1) is 5.69 Å². The second-order valence-electron chi connectivity index (χ2n) is 5.20. The molecule has 21 heavy (non-hydrogen) atoms. The summed E-state index contributed by atoms with van der Waals surface area (Å²) in [7, 11) is 0. The molecule has 0 aliphatic heterocycles. The van der Waals surface area contributed by atoms with E-state index in [4.69, 9.17) is 0 Å². The molecule has 110 valence electrons. The van der Waals surface area contributed by atoms with Crippen molar-refractivity contribution in [1.29, 1.82) is 0 Å². The number of rotatable bonds is 3. The van der Waals surface area contributed by atoms with Crippen LogP contribution in [0.3, 0.4) is 0 Å². The number of aromatic amines is 2. The number of benzene rings is 1. The molecule has 2 aromatic rings. The van der Waals surface area contributed by atoms with Crippen molar-refractivity contribution in [2.24, 2.45) is 0 Å². The maximum atomic E-state index is 12.6. The molecule has 2 N–H and O–H groups in total. The fourth-order valence-corrected chi connectivity index (χ4v) is 2.85. The number of carbonyl (C=O) groups is 1. The Bertz CT molecular complexity index is 798. The van der Waals surface area contributed by atoms with Crippen molar-refractivity contribution in [1.82, 2.24) is 9.97 Å². The molecule has 1 aromatic heterocycles. The molecule has 0 unspecified atom stereocenters. The average molecular weight is 351 g/mol. The lowest BCUT2D eigenvalue weighted by molar-refractivity contribution is 0.103. The molecule has 5 nitrogen and oxygen atoms in total. The number of halogens is 1. The van der Waals surface area contributed by atoms with Crippen molar-refractivity contribution < 1.29 is 4.79 Å². The van der Waals surface area contributed by atoms with Gasteiger partial charge in [0.15, 0.2) is 0 Å². The quantitative estimate of drug-likeness (QED) is 0.834. The Balaban J connectivity index is 2.68. The molecule has 0 fully saturated rings. The van der Waals surface area contributed by atoms with Crippen LogP contribution in [0.1, 0.15) is 46.9 Å². The fourth-order valence-electron chi connectivity index (χ4n) is 2.24. The molecule has 0 radical (unpaired) electrons. The highest BCUT2D eigenvalue weighted by molar-refractivity contribution is 9.10. The van der Waals surface area contributed by atoms with E-state index in [1.54, 1.807) is 26.0 Å². The number of hydrogen-bond acceptors (Lipinski definition) is 3. The van der Waals surface area contributed by atoms with Crippen LogP contribution in [0.4, 0.5) is 0 Å². The minimum absolute atomic E-state index is 0.0521. The van der Waals surface area contributed by atoms with Crippen LogP contribution in [0.2, 0.25) is 0 Å². The first-order chi connectivity index (χ1) is 9.79. The smallest absolute Gasteiger partial charge is 0.304 e. The zero-order valence-electron chi connectivity index (χ0n) is 11.9. The molecule has 0 aliphatic rings. The third-order valence-electron chi connectivity index (χ3n) is 3.09. The third kappa shape index (κ3) is 3.21. The maximum Gasteiger partial charge on any atom is 0.326 e. The van der Waals surface area contributed by atoms with Gasteiger partial charge in [-0.1, -0.05) is 29.8 Å². The predicted octanol–water partition coefficient (Wildman–Crippen LogP) is 2.49. The van der Waals surface area contributed by atoms with E-state index in [2.05, 4.69) is 25.9 Å². The highest BCUT2D eigenvalue weighted by atomic mass is 79.9. The van der Waals surface area contributed by atoms with Gasteiger partial charge in [0, 0.05) is 15.6 Å². The highest BCUT2D eigenvalue weighted by Gasteiger charge is 2.20. The van der Waals surface area contributed by atoms with Gasteiger partial charge in [-0.2, -0.15) is 0 Å². The Morgan fingerprint density at radius 3 is 2.38 bits per heavy atom. The molecule has 0 amide bonds. The number of H-pyrrole nitrogens is 2. The molecule has 0 saturated heterocycles. The maximum absolute atomic E-state index is 12.6. The van der Waals surface area contributed by atoms with E-state index < -0.39 is 11.2 Å². The minimum atomic E-state index is -0.681. The monoisotopic (exact) mass is 350 g/mol. The molecule has 2 rings (SSSR count). The van der Waals surface area contributed by atoms with Crippen molar-refractivity contribution in [3.63, 3.8) is 0 Å². The summed E-state index contributed by atoms with van der Waals surface area (Å²) < 4.78 is 0.768. The van der Waals surface area contributed by atoms with Crippen LogP contribution >= 0.6 is 15.9 Å². The normalized spacial score (nSPS) is 10.9. The summed E-state index contributed by atoms with van der Waals surface area (Å²) in [6, 6.07) is 5.26. The Hall–Kier alpha value is -1.95. The molecule has 0 spiro atoms. The molecule has 0 bridgehead atoms. The van der Waals surface area contributed by atoms with Gasteiger partial charge in [-0.25, -0.2) is 4.79 Å². The summed E-state index contributed by atoms with van der Waals surface area (Å²) in [5.74, 6) is -0.552. The molecule has 1 heterocycles. The lowest BCUT2D eigenvalue weighted by Gasteiger charge is -2.10. The van der Waals surface area contributed by atoms with E-state index in [-0.39, 0.29) is 23.0 Å². The zero-order chi connectivity index (χ0) is 15.7.